The summed E-state index contributed by atoms with van der Waals surface area (Å²) in [7, 11) is 0. The Hall–Kier alpha value is -7.63. The maximum atomic E-state index is 4.76. The first kappa shape index (κ1) is 30.7. The van der Waals surface area contributed by atoms with Gasteiger partial charge in [-0.15, -0.1) is 0 Å². The molecule has 0 unspecified atom stereocenters. The molecule has 0 saturated carbocycles. The summed E-state index contributed by atoms with van der Waals surface area (Å²) in [6.07, 6.45) is 9.69. The van der Waals surface area contributed by atoms with E-state index in [1.54, 1.807) is 0 Å². The van der Waals surface area contributed by atoms with Gasteiger partial charge in [0.25, 0.3) is 0 Å². The molecule has 0 radical (unpaired) electrons. The minimum atomic E-state index is -0.435. The van der Waals surface area contributed by atoms with Crippen LogP contribution in [0.3, 0.4) is 0 Å². The molecule has 0 fully saturated rings. The molecule has 5 aromatic heterocycles. The summed E-state index contributed by atoms with van der Waals surface area (Å²) in [4.78, 5) is 13.9. The Kier molecular flexibility index (Phi) is 6.04. The molecule has 0 aliphatic heterocycles. The minimum Gasteiger partial charge on any atom is -0.309 e. The lowest BCUT2D eigenvalue weighted by molar-refractivity contribution is 0.789. The topological polar surface area (TPSA) is 48.5 Å². The third-order valence-corrected chi connectivity index (χ3v) is 12.6. The largest absolute Gasteiger partial charge is 0.309 e. The lowest BCUT2D eigenvalue weighted by atomic mass is 9.71. The number of benzene rings is 6. The third-order valence-electron chi connectivity index (χ3n) is 12.6. The zero-order valence-electron chi connectivity index (χ0n) is 30.6. The second-order valence-electron chi connectivity index (χ2n) is 15.2. The predicted molar refractivity (Wildman–Crippen MR) is 230 cm³/mol. The molecule has 0 atom stereocenters. The van der Waals surface area contributed by atoms with E-state index in [0.717, 1.165) is 38.9 Å². The molecule has 1 spiro atoms. The maximum Gasteiger partial charge on any atom is 0.145 e. The van der Waals surface area contributed by atoms with Crippen LogP contribution in [0.1, 0.15) is 22.3 Å². The van der Waals surface area contributed by atoms with Crippen molar-refractivity contribution < 1.29 is 0 Å². The number of para-hydroxylation sites is 1. The Morgan fingerprint density at radius 3 is 1.79 bits per heavy atom. The van der Waals surface area contributed by atoms with Gasteiger partial charge in [0, 0.05) is 63.9 Å². The van der Waals surface area contributed by atoms with Gasteiger partial charge in [-0.2, -0.15) is 0 Å². The van der Waals surface area contributed by atoms with Crippen LogP contribution in [0.25, 0.3) is 88.5 Å². The van der Waals surface area contributed by atoms with Gasteiger partial charge in [0.15, 0.2) is 0 Å². The zero-order valence-corrected chi connectivity index (χ0v) is 30.6. The quantitative estimate of drug-likeness (QED) is 0.182. The molecule has 5 heteroatoms. The molecule has 0 bridgehead atoms. The van der Waals surface area contributed by atoms with Gasteiger partial charge in [-0.3, -0.25) is 14.5 Å². The summed E-state index contributed by atoms with van der Waals surface area (Å²) in [6.45, 7) is 0. The highest BCUT2D eigenvalue weighted by Crippen LogP contribution is 2.64. The molecular formula is C52H31N5. The first-order chi connectivity index (χ1) is 28.3. The van der Waals surface area contributed by atoms with Gasteiger partial charge in [0.05, 0.1) is 22.0 Å². The highest BCUT2D eigenvalue weighted by atomic mass is 15.0. The first-order valence-electron chi connectivity index (χ1n) is 19.4. The molecular weight excluding hydrogens is 695 g/mol. The smallest absolute Gasteiger partial charge is 0.145 e. The Labute approximate surface area is 327 Å². The highest BCUT2D eigenvalue weighted by Gasteiger charge is 2.52. The van der Waals surface area contributed by atoms with Crippen LogP contribution in [0.2, 0.25) is 0 Å². The normalized spacial score (nSPS) is 13.4. The van der Waals surface area contributed by atoms with Gasteiger partial charge in [-0.25, -0.2) is 4.98 Å². The fourth-order valence-corrected chi connectivity index (χ4v) is 10.4. The van der Waals surface area contributed by atoms with E-state index < -0.39 is 5.41 Å². The van der Waals surface area contributed by atoms with Crippen LogP contribution in [-0.4, -0.2) is 24.1 Å². The van der Waals surface area contributed by atoms with E-state index in [0.29, 0.717) is 0 Å². The molecule has 57 heavy (non-hydrogen) atoms. The Balaban J connectivity index is 0.962. The van der Waals surface area contributed by atoms with E-state index in [2.05, 4.69) is 172 Å². The Bertz CT molecular complexity index is 3360. The molecule has 264 valence electrons. The van der Waals surface area contributed by atoms with Gasteiger partial charge in [0.2, 0.25) is 0 Å². The molecule has 2 aliphatic carbocycles. The average Bonchev–Trinajstić information content (AvgIpc) is 3.99. The third kappa shape index (κ3) is 3.90. The second-order valence-corrected chi connectivity index (χ2v) is 15.2. The van der Waals surface area contributed by atoms with E-state index in [1.807, 2.05) is 30.9 Å². The molecule has 0 saturated heterocycles. The van der Waals surface area contributed by atoms with Crippen LogP contribution in [0.15, 0.2) is 189 Å². The molecule has 5 heterocycles. The summed E-state index contributed by atoms with van der Waals surface area (Å²) in [5.74, 6) is 0. The number of aromatic nitrogens is 5. The number of nitrogens with zero attached hydrogens (tertiary/aromatic N) is 5. The minimum absolute atomic E-state index is 0.435. The van der Waals surface area contributed by atoms with Gasteiger partial charge in [0.1, 0.15) is 5.65 Å². The van der Waals surface area contributed by atoms with Crippen LogP contribution in [0.5, 0.6) is 0 Å². The van der Waals surface area contributed by atoms with Crippen molar-refractivity contribution in [1.29, 1.82) is 0 Å². The highest BCUT2D eigenvalue weighted by molar-refractivity contribution is 6.19. The second kappa shape index (κ2) is 11.2. The van der Waals surface area contributed by atoms with Crippen molar-refractivity contribution in [3.8, 4) is 44.8 Å². The summed E-state index contributed by atoms with van der Waals surface area (Å²) < 4.78 is 4.66. The predicted octanol–water partition coefficient (Wildman–Crippen LogP) is 12.1. The number of pyridine rings is 3. The van der Waals surface area contributed by atoms with E-state index in [-0.39, 0.29) is 0 Å². The summed E-state index contributed by atoms with van der Waals surface area (Å²) in [5.41, 5.74) is 18.9. The monoisotopic (exact) mass is 725 g/mol. The fourth-order valence-electron chi connectivity index (χ4n) is 10.4. The lowest BCUT2D eigenvalue weighted by Crippen LogP contribution is -2.25. The summed E-state index contributed by atoms with van der Waals surface area (Å²) in [5, 5.41) is 4.73. The SMILES string of the molecule is c1ccc2c(c1)-c1ccccc1C21c2cnccc2-c2c1ccc1c2c2ccccc2n1-c1ccc(-c2ccc(-n3c4ccncc4c4cccnc43)cc2)cc1. The van der Waals surface area contributed by atoms with Crippen LogP contribution in [0, 0.1) is 0 Å². The Morgan fingerprint density at radius 2 is 1.02 bits per heavy atom. The van der Waals surface area contributed by atoms with Crippen molar-refractivity contribution in [3.63, 3.8) is 0 Å². The van der Waals surface area contributed by atoms with E-state index in [4.69, 9.17) is 9.97 Å². The van der Waals surface area contributed by atoms with Crippen molar-refractivity contribution in [1.82, 2.24) is 24.1 Å². The molecule has 11 aromatic rings. The van der Waals surface area contributed by atoms with Gasteiger partial charge in [-0.05, 0) is 116 Å². The Morgan fingerprint density at radius 1 is 0.386 bits per heavy atom. The van der Waals surface area contributed by atoms with Crippen molar-refractivity contribution in [2.45, 2.75) is 5.41 Å². The summed E-state index contributed by atoms with van der Waals surface area (Å²) >= 11 is 0. The lowest BCUT2D eigenvalue weighted by Gasteiger charge is -2.30. The van der Waals surface area contributed by atoms with E-state index >= 15 is 0 Å². The zero-order chi connectivity index (χ0) is 37.2. The van der Waals surface area contributed by atoms with Crippen molar-refractivity contribution in [3.05, 3.63) is 211 Å². The van der Waals surface area contributed by atoms with Crippen LogP contribution in [-0.2, 0) is 5.41 Å². The standard InChI is InChI=1S/C52H31N5/c1-4-12-42-36(8-1)37-9-2-5-13-43(37)52(42)44-23-24-48-50(49(44)39-25-28-54-31-45(39)52)40-10-3-6-14-46(40)56(48)34-19-15-32(16-20-34)33-17-21-35(22-18-33)57-47-26-29-53-30-41(47)38-11-7-27-55-51(38)57/h1-31H. The first-order valence-corrected chi connectivity index (χ1v) is 19.4. The molecule has 2 aliphatic rings. The summed E-state index contributed by atoms with van der Waals surface area (Å²) in [6, 6.07) is 57.7. The number of hydrogen-bond acceptors (Lipinski definition) is 3. The fraction of sp³-hybridized carbons (Fsp3) is 0.0192. The molecule has 5 nitrogen and oxygen atoms in total. The van der Waals surface area contributed by atoms with Crippen molar-refractivity contribution >= 4 is 43.7 Å². The number of fused-ring (bicyclic) bond motifs is 17. The number of rotatable bonds is 3. The van der Waals surface area contributed by atoms with E-state index in [1.165, 1.54) is 71.9 Å². The van der Waals surface area contributed by atoms with Gasteiger partial charge in [-0.1, -0.05) is 97.1 Å². The molecule has 0 N–H and O–H groups in total. The van der Waals surface area contributed by atoms with E-state index in [9.17, 15) is 0 Å². The van der Waals surface area contributed by atoms with Crippen molar-refractivity contribution in [2.75, 3.05) is 0 Å². The maximum absolute atomic E-state index is 4.76. The van der Waals surface area contributed by atoms with Gasteiger partial charge < -0.3 is 4.57 Å². The van der Waals surface area contributed by atoms with Crippen LogP contribution in [0.4, 0.5) is 0 Å². The molecule has 0 amide bonds. The van der Waals surface area contributed by atoms with Gasteiger partial charge >= 0.3 is 0 Å². The van der Waals surface area contributed by atoms with Crippen LogP contribution >= 0.6 is 0 Å². The molecule has 13 rings (SSSR count). The number of hydrogen-bond donors (Lipinski definition) is 0. The van der Waals surface area contributed by atoms with Crippen LogP contribution < -0.4 is 0 Å². The molecule has 6 aromatic carbocycles. The van der Waals surface area contributed by atoms with Crippen molar-refractivity contribution in [2.24, 2.45) is 0 Å². The average molecular weight is 726 g/mol.